The van der Waals surface area contributed by atoms with Gasteiger partial charge in [0.15, 0.2) is 5.03 Å². The van der Waals surface area contributed by atoms with Gasteiger partial charge in [-0.25, -0.2) is 13.4 Å². The Morgan fingerprint density at radius 1 is 1.30 bits per heavy atom. The lowest BCUT2D eigenvalue weighted by molar-refractivity contribution is 0.426. The molecule has 1 fully saturated rings. The molecule has 3 rings (SSSR count). The molecule has 0 bridgehead atoms. The van der Waals surface area contributed by atoms with Gasteiger partial charge in [-0.2, -0.15) is 16.1 Å². The van der Waals surface area contributed by atoms with Gasteiger partial charge in [-0.3, -0.25) is 0 Å². The number of thioether (sulfide) groups is 1. The van der Waals surface area contributed by atoms with Crippen LogP contribution in [0.3, 0.4) is 0 Å². The number of aryl methyl sites for hydroxylation is 1. The lowest BCUT2D eigenvalue weighted by Gasteiger charge is -2.18. The van der Waals surface area contributed by atoms with Gasteiger partial charge in [0.2, 0.25) is 0 Å². The molecular formula is C15H18ClN3O2S2. The minimum absolute atomic E-state index is 0.112. The first-order valence-corrected chi connectivity index (χ1v) is 10.2. The average Bonchev–Trinajstić information content (AvgIpc) is 2.82. The second-order valence-electron chi connectivity index (χ2n) is 5.45. The fraction of sp³-hybridized carbons (Fsp3) is 0.400. The summed E-state index contributed by atoms with van der Waals surface area (Å²) in [5, 5.41) is 1.07. The minimum atomic E-state index is -3.53. The molecule has 0 N–H and O–H groups in total. The Kier molecular flexibility index (Phi) is 5.01. The minimum Gasteiger partial charge on any atom is -0.339 e. The second-order valence-corrected chi connectivity index (χ2v) is 9.05. The fourth-order valence-electron chi connectivity index (χ4n) is 2.63. The first kappa shape index (κ1) is 16.8. The predicted molar refractivity (Wildman–Crippen MR) is 93.2 cm³/mol. The zero-order valence-electron chi connectivity index (χ0n) is 12.7. The maximum absolute atomic E-state index is 12.7. The molecule has 0 radical (unpaired) electrons. The predicted octanol–water partition coefficient (Wildman–Crippen LogP) is 2.94. The van der Waals surface area contributed by atoms with E-state index < -0.39 is 10.0 Å². The second kappa shape index (κ2) is 6.84. The van der Waals surface area contributed by atoms with Gasteiger partial charge >= 0.3 is 0 Å². The Morgan fingerprint density at radius 2 is 2.09 bits per heavy atom. The van der Waals surface area contributed by atoms with E-state index in [4.69, 9.17) is 11.6 Å². The highest BCUT2D eigenvalue weighted by atomic mass is 35.5. The molecule has 0 aliphatic carbocycles. The van der Waals surface area contributed by atoms with E-state index in [1.807, 2.05) is 24.3 Å². The SMILES string of the molecule is Cn1cnc(S(=O)(=O)N2CCSC(c3ccccc3Cl)CC2)c1. The van der Waals surface area contributed by atoms with Crippen LogP contribution in [0.25, 0.3) is 0 Å². The van der Waals surface area contributed by atoms with Gasteiger partial charge in [0, 0.05) is 42.4 Å². The third-order valence-electron chi connectivity index (χ3n) is 3.84. The molecular weight excluding hydrogens is 354 g/mol. The number of imidazole rings is 1. The van der Waals surface area contributed by atoms with Crippen molar-refractivity contribution >= 4 is 33.4 Å². The van der Waals surface area contributed by atoms with E-state index in [1.165, 1.54) is 10.6 Å². The van der Waals surface area contributed by atoms with Crippen molar-refractivity contribution in [3.8, 4) is 0 Å². The van der Waals surface area contributed by atoms with E-state index in [1.54, 1.807) is 29.6 Å². The Labute approximate surface area is 145 Å². The molecule has 5 nitrogen and oxygen atoms in total. The maximum atomic E-state index is 12.7. The van der Waals surface area contributed by atoms with Crippen LogP contribution in [0.1, 0.15) is 17.2 Å². The molecule has 1 aromatic carbocycles. The Hall–Kier alpha value is -1.02. The molecule has 23 heavy (non-hydrogen) atoms. The highest BCUT2D eigenvalue weighted by Gasteiger charge is 2.30. The Morgan fingerprint density at radius 3 is 2.78 bits per heavy atom. The van der Waals surface area contributed by atoms with Crippen LogP contribution in [-0.4, -0.2) is 41.1 Å². The number of hydrogen-bond donors (Lipinski definition) is 0. The van der Waals surface area contributed by atoms with Crippen LogP contribution < -0.4 is 0 Å². The number of hydrogen-bond acceptors (Lipinski definition) is 4. The van der Waals surface area contributed by atoms with Crippen molar-refractivity contribution in [2.75, 3.05) is 18.8 Å². The zero-order chi connectivity index (χ0) is 16.4. The summed E-state index contributed by atoms with van der Waals surface area (Å²) in [6.07, 6.45) is 3.78. The summed E-state index contributed by atoms with van der Waals surface area (Å²) in [6.45, 7) is 0.965. The van der Waals surface area contributed by atoms with E-state index in [-0.39, 0.29) is 10.3 Å². The molecule has 1 unspecified atom stereocenters. The van der Waals surface area contributed by atoms with Gasteiger partial charge in [0.05, 0.1) is 6.33 Å². The largest absolute Gasteiger partial charge is 0.339 e. The number of sulfonamides is 1. The molecule has 0 spiro atoms. The lowest BCUT2D eigenvalue weighted by atomic mass is 10.1. The average molecular weight is 372 g/mol. The number of halogens is 1. The van der Waals surface area contributed by atoms with Crippen molar-refractivity contribution in [2.24, 2.45) is 7.05 Å². The number of aromatic nitrogens is 2. The monoisotopic (exact) mass is 371 g/mol. The summed E-state index contributed by atoms with van der Waals surface area (Å²) in [7, 11) is -1.76. The van der Waals surface area contributed by atoms with Crippen molar-refractivity contribution in [3.63, 3.8) is 0 Å². The number of rotatable bonds is 3. The molecule has 1 aromatic heterocycles. The molecule has 1 saturated heterocycles. The summed E-state index contributed by atoms with van der Waals surface area (Å²) in [5.41, 5.74) is 1.08. The van der Waals surface area contributed by atoms with Crippen LogP contribution in [0, 0.1) is 0 Å². The smallest absolute Gasteiger partial charge is 0.262 e. The van der Waals surface area contributed by atoms with Crippen molar-refractivity contribution in [1.29, 1.82) is 0 Å². The topological polar surface area (TPSA) is 55.2 Å². The Bertz CT molecular complexity index is 792. The van der Waals surface area contributed by atoms with Crippen LogP contribution in [0.15, 0.2) is 41.8 Å². The van der Waals surface area contributed by atoms with Crippen LogP contribution in [0.5, 0.6) is 0 Å². The van der Waals surface area contributed by atoms with E-state index in [2.05, 4.69) is 4.98 Å². The highest BCUT2D eigenvalue weighted by molar-refractivity contribution is 7.99. The zero-order valence-corrected chi connectivity index (χ0v) is 15.1. The lowest BCUT2D eigenvalue weighted by Crippen LogP contribution is -2.33. The number of nitrogens with zero attached hydrogens (tertiary/aromatic N) is 3. The van der Waals surface area contributed by atoms with Gasteiger partial charge in [-0.15, -0.1) is 0 Å². The van der Waals surface area contributed by atoms with Crippen molar-refractivity contribution in [3.05, 3.63) is 47.4 Å². The summed E-state index contributed by atoms with van der Waals surface area (Å²) < 4.78 is 28.5. The summed E-state index contributed by atoms with van der Waals surface area (Å²) >= 11 is 8.03. The van der Waals surface area contributed by atoms with Crippen molar-refractivity contribution in [2.45, 2.75) is 16.7 Å². The van der Waals surface area contributed by atoms with E-state index in [0.717, 1.165) is 22.8 Å². The summed E-state index contributed by atoms with van der Waals surface area (Å²) in [5.74, 6) is 0.738. The normalized spacial score (nSPS) is 20.3. The van der Waals surface area contributed by atoms with Crippen LogP contribution in [0.4, 0.5) is 0 Å². The quantitative estimate of drug-likeness (QED) is 0.832. The first-order chi connectivity index (χ1) is 11.0. The van der Waals surface area contributed by atoms with Crippen molar-refractivity contribution in [1.82, 2.24) is 13.9 Å². The highest BCUT2D eigenvalue weighted by Crippen LogP contribution is 2.38. The first-order valence-electron chi connectivity index (χ1n) is 7.32. The molecule has 1 aliphatic heterocycles. The number of benzene rings is 1. The van der Waals surface area contributed by atoms with Crippen LogP contribution in [0.2, 0.25) is 5.02 Å². The maximum Gasteiger partial charge on any atom is 0.262 e. The molecule has 124 valence electrons. The van der Waals surface area contributed by atoms with Crippen LogP contribution in [-0.2, 0) is 17.1 Å². The van der Waals surface area contributed by atoms with E-state index in [9.17, 15) is 8.42 Å². The third kappa shape index (κ3) is 3.57. The van der Waals surface area contributed by atoms with Crippen molar-refractivity contribution < 1.29 is 8.42 Å². The van der Waals surface area contributed by atoms with Crippen LogP contribution >= 0.6 is 23.4 Å². The summed E-state index contributed by atoms with van der Waals surface area (Å²) in [6, 6.07) is 7.77. The molecule has 0 amide bonds. The molecule has 1 aliphatic rings. The molecule has 0 saturated carbocycles. The molecule has 2 aromatic rings. The molecule has 2 heterocycles. The van der Waals surface area contributed by atoms with Gasteiger partial charge in [0.25, 0.3) is 10.0 Å². The van der Waals surface area contributed by atoms with Gasteiger partial charge in [-0.05, 0) is 18.1 Å². The Balaban J connectivity index is 1.78. The third-order valence-corrected chi connectivity index (χ3v) is 7.28. The molecule has 8 heteroatoms. The molecule has 1 atom stereocenters. The van der Waals surface area contributed by atoms with E-state index in [0.29, 0.717) is 13.1 Å². The van der Waals surface area contributed by atoms with Gasteiger partial charge < -0.3 is 4.57 Å². The summed E-state index contributed by atoms with van der Waals surface area (Å²) in [4.78, 5) is 3.99. The fourth-order valence-corrected chi connectivity index (χ4v) is 5.77. The van der Waals surface area contributed by atoms with Gasteiger partial charge in [-0.1, -0.05) is 29.8 Å². The standard InChI is InChI=1S/C15H18ClN3O2S2/c1-18-10-15(17-11-18)23(20,21)19-7-6-14(22-9-8-19)12-4-2-3-5-13(12)16/h2-5,10-11,14H,6-9H2,1H3. The van der Waals surface area contributed by atoms with Gasteiger partial charge in [0.1, 0.15) is 0 Å². The van der Waals surface area contributed by atoms with E-state index >= 15 is 0 Å².